The highest BCUT2D eigenvalue weighted by Gasteiger charge is 2.22. The summed E-state index contributed by atoms with van der Waals surface area (Å²) in [6.07, 6.45) is -0.402. The molecule has 0 radical (unpaired) electrons. The number of nitrogens with one attached hydrogen (secondary N) is 3. The second kappa shape index (κ2) is 10.9. The number of amides is 3. The highest BCUT2D eigenvalue weighted by molar-refractivity contribution is 5.92. The molecular weight excluding hydrogens is 340 g/mol. The largest absolute Gasteiger partial charge is 0.481 e. The maximum atomic E-state index is 11.8. The SMILES string of the molecule is CC(NC(=O)C(N)CCC(=O)O)C(=O)NCC(=O)NC(CO)C(=O)O. The van der Waals surface area contributed by atoms with Crippen LogP contribution in [0.1, 0.15) is 19.8 Å². The summed E-state index contributed by atoms with van der Waals surface area (Å²) in [6.45, 7) is -0.0492. The van der Waals surface area contributed by atoms with E-state index in [1.807, 2.05) is 5.32 Å². The Balaban J connectivity index is 4.29. The van der Waals surface area contributed by atoms with E-state index in [4.69, 9.17) is 21.1 Å². The van der Waals surface area contributed by atoms with Crippen LogP contribution in [0.15, 0.2) is 0 Å². The van der Waals surface area contributed by atoms with Crippen LogP contribution in [0.2, 0.25) is 0 Å². The Morgan fingerprint density at radius 3 is 2.12 bits per heavy atom. The Bertz CT molecular complexity index is 524. The molecule has 0 aromatic rings. The van der Waals surface area contributed by atoms with Crippen LogP contribution in [-0.2, 0) is 24.0 Å². The second-order valence-corrected chi connectivity index (χ2v) is 5.13. The van der Waals surface area contributed by atoms with Crippen molar-refractivity contribution in [2.75, 3.05) is 13.2 Å². The van der Waals surface area contributed by atoms with Gasteiger partial charge in [-0.3, -0.25) is 19.2 Å². The molecule has 3 atom stereocenters. The van der Waals surface area contributed by atoms with Gasteiger partial charge in [0.05, 0.1) is 19.2 Å². The number of aliphatic hydroxyl groups is 1. The first-order chi connectivity index (χ1) is 11.6. The van der Waals surface area contributed by atoms with E-state index in [2.05, 4.69) is 10.6 Å². The Labute approximate surface area is 142 Å². The molecule has 0 rings (SSSR count). The van der Waals surface area contributed by atoms with Gasteiger partial charge in [0.15, 0.2) is 0 Å². The lowest BCUT2D eigenvalue weighted by Gasteiger charge is -2.17. The van der Waals surface area contributed by atoms with Gasteiger partial charge in [-0.25, -0.2) is 4.79 Å². The zero-order chi connectivity index (χ0) is 19.6. The first-order valence-corrected chi connectivity index (χ1v) is 7.27. The normalized spacial score (nSPS) is 13.9. The van der Waals surface area contributed by atoms with Crippen molar-refractivity contribution in [3.05, 3.63) is 0 Å². The van der Waals surface area contributed by atoms with Gasteiger partial charge in [-0.1, -0.05) is 0 Å². The van der Waals surface area contributed by atoms with E-state index < -0.39 is 60.9 Å². The van der Waals surface area contributed by atoms with Crippen molar-refractivity contribution in [2.24, 2.45) is 5.73 Å². The monoisotopic (exact) mass is 362 g/mol. The molecule has 0 saturated heterocycles. The molecule has 8 N–H and O–H groups in total. The number of carboxylic acid groups (broad SMARTS) is 2. The maximum absolute atomic E-state index is 11.8. The van der Waals surface area contributed by atoms with E-state index in [-0.39, 0.29) is 12.8 Å². The average Bonchev–Trinajstić information content (AvgIpc) is 2.54. The van der Waals surface area contributed by atoms with Gasteiger partial charge in [-0.05, 0) is 13.3 Å². The molecule has 3 amide bonds. The van der Waals surface area contributed by atoms with E-state index in [1.165, 1.54) is 6.92 Å². The van der Waals surface area contributed by atoms with Crippen molar-refractivity contribution in [1.29, 1.82) is 0 Å². The number of aliphatic carboxylic acids is 2. The van der Waals surface area contributed by atoms with Crippen LogP contribution in [0.4, 0.5) is 0 Å². The maximum Gasteiger partial charge on any atom is 0.328 e. The third kappa shape index (κ3) is 9.22. The second-order valence-electron chi connectivity index (χ2n) is 5.13. The van der Waals surface area contributed by atoms with Crippen molar-refractivity contribution in [3.63, 3.8) is 0 Å². The quantitative estimate of drug-likeness (QED) is 0.193. The van der Waals surface area contributed by atoms with E-state index in [9.17, 15) is 24.0 Å². The molecule has 0 aromatic heterocycles. The Morgan fingerprint density at radius 1 is 1.04 bits per heavy atom. The minimum absolute atomic E-state index is 0.102. The molecule has 142 valence electrons. The molecule has 25 heavy (non-hydrogen) atoms. The number of carboxylic acids is 2. The summed E-state index contributed by atoms with van der Waals surface area (Å²) in [7, 11) is 0. The first kappa shape index (κ1) is 22.3. The molecule has 0 aliphatic heterocycles. The summed E-state index contributed by atoms with van der Waals surface area (Å²) in [5.41, 5.74) is 5.48. The minimum Gasteiger partial charge on any atom is -0.481 e. The van der Waals surface area contributed by atoms with Crippen molar-refractivity contribution >= 4 is 29.7 Å². The molecule has 0 aliphatic rings. The Hall–Kier alpha value is -2.73. The molecule has 0 aliphatic carbocycles. The van der Waals surface area contributed by atoms with E-state index >= 15 is 0 Å². The third-order valence-corrected chi connectivity index (χ3v) is 3.00. The number of hydrogen-bond acceptors (Lipinski definition) is 7. The number of rotatable bonds is 11. The molecule has 12 heteroatoms. The van der Waals surface area contributed by atoms with Crippen LogP contribution >= 0.6 is 0 Å². The summed E-state index contributed by atoms with van der Waals surface area (Å²) in [5.74, 6) is -4.84. The fraction of sp³-hybridized carbons (Fsp3) is 0.615. The number of nitrogens with two attached hydrogens (primary N) is 1. The summed E-state index contributed by atoms with van der Waals surface area (Å²) in [5, 5.41) is 32.3. The molecule has 3 unspecified atom stereocenters. The van der Waals surface area contributed by atoms with Gasteiger partial charge >= 0.3 is 11.9 Å². The van der Waals surface area contributed by atoms with E-state index in [1.54, 1.807) is 0 Å². The standard InChI is InChI=1S/C13H22N4O8/c1-6(16-12(23)7(14)2-3-10(20)21)11(22)15-4-9(19)17-8(5-18)13(24)25/h6-8,18H,2-5,14H2,1H3,(H,15,22)(H,16,23)(H,17,19)(H,20,21)(H,24,25). The van der Waals surface area contributed by atoms with Gasteiger partial charge in [0.2, 0.25) is 17.7 Å². The van der Waals surface area contributed by atoms with Crippen molar-refractivity contribution < 1.29 is 39.3 Å². The van der Waals surface area contributed by atoms with Gasteiger partial charge < -0.3 is 37.0 Å². The van der Waals surface area contributed by atoms with Crippen LogP contribution in [0, 0.1) is 0 Å². The van der Waals surface area contributed by atoms with Crippen LogP contribution in [0.3, 0.4) is 0 Å². The van der Waals surface area contributed by atoms with Gasteiger partial charge in [0, 0.05) is 6.42 Å². The zero-order valence-corrected chi connectivity index (χ0v) is 13.5. The fourth-order valence-electron chi connectivity index (χ4n) is 1.55. The summed E-state index contributed by atoms with van der Waals surface area (Å²) in [4.78, 5) is 55.9. The molecule has 0 spiro atoms. The number of carbonyl (C=O) groups is 5. The fourth-order valence-corrected chi connectivity index (χ4v) is 1.55. The summed E-state index contributed by atoms with van der Waals surface area (Å²) >= 11 is 0. The number of aliphatic hydroxyl groups excluding tert-OH is 1. The van der Waals surface area contributed by atoms with Crippen molar-refractivity contribution in [2.45, 2.75) is 37.9 Å². The predicted molar refractivity (Wildman–Crippen MR) is 82.1 cm³/mol. The number of hydrogen-bond donors (Lipinski definition) is 7. The van der Waals surface area contributed by atoms with Crippen LogP contribution in [0.5, 0.6) is 0 Å². The highest BCUT2D eigenvalue weighted by atomic mass is 16.4. The average molecular weight is 362 g/mol. The molecule has 0 saturated carbocycles. The smallest absolute Gasteiger partial charge is 0.328 e. The lowest BCUT2D eigenvalue weighted by atomic mass is 10.1. The van der Waals surface area contributed by atoms with E-state index in [0.29, 0.717) is 0 Å². The minimum atomic E-state index is -1.49. The molecule has 0 fully saturated rings. The van der Waals surface area contributed by atoms with Gasteiger partial charge in [0.1, 0.15) is 12.1 Å². The lowest BCUT2D eigenvalue weighted by Crippen LogP contribution is -2.52. The van der Waals surface area contributed by atoms with E-state index in [0.717, 1.165) is 0 Å². The summed E-state index contributed by atoms with van der Waals surface area (Å²) in [6, 6.07) is -3.64. The van der Waals surface area contributed by atoms with Crippen LogP contribution in [0.25, 0.3) is 0 Å². The molecular formula is C13H22N4O8. The Morgan fingerprint density at radius 2 is 1.64 bits per heavy atom. The van der Waals surface area contributed by atoms with Gasteiger partial charge in [0.25, 0.3) is 0 Å². The molecule has 0 heterocycles. The topological polar surface area (TPSA) is 208 Å². The van der Waals surface area contributed by atoms with Crippen molar-refractivity contribution in [3.8, 4) is 0 Å². The Kier molecular flexibility index (Phi) is 9.74. The van der Waals surface area contributed by atoms with Crippen LogP contribution < -0.4 is 21.7 Å². The predicted octanol–water partition coefficient (Wildman–Crippen LogP) is -3.64. The van der Waals surface area contributed by atoms with Gasteiger partial charge in [-0.15, -0.1) is 0 Å². The third-order valence-electron chi connectivity index (χ3n) is 3.00. The highest BCUT2D eigenvalue weighted by Crippen LogP contribution is 1.96. The summed E-state index contributed by atoms with van der Waals surface area (Å²) < 4.78 is 0. The lowest BCUT2D eigenvalue weighted by molar-refractivity contribution is -0.143. The van der Waals surface area contributed by atoms with Gasteiger partial charge in [-0.2, -0.15) is 0 Å². The van der Waals surface area contributed by atoms with Crippen LogP contribution in [-0.4, -0.2) is 76.3 Å². The zero-order valence-electron chi connectivity index (χ0n) is 13.5. The molecule has 0 bridgehead atoms. The number of carbonyl (C=O) groups excluding carboxylic acids is 3. The molecule has 12 nitrogen and oxygen atoms in total. The first-order valence-electron chi connectivity index (χ1n) is 7.27. The van der Waals surface area contributed by atoms with Crippen molar-refractivity contribution in [1.82, 2.24) is 16.0 Å². The molecule has 0 aromatic carbocycles.